The van der Waals surface area contributed by atoms with Crippen molar-refractivity contribution in [3.8, 4) is 0 Å². The molecule has 27 heavy (non-hydrogen) atoms. The van der Waals surface area contributed by atoms with Crippen LogP contribution in [0.15, 0.2) is 0 Å². The maximum Gasteiger partial charge on any atom is 2.00 e. The van der Waals surface area contributed by atoms with E-state index in [1.165, 1.54) is 0 Å². The Morgan fingerprint density at radius 1 is 0.407 bits per heavy atom. The van der Waals surface area contributed by atoms with Crippen molar-refractivity contribution in [2.75, 3.05) is 0 Å². The van der Waals surface area contributed by atoms with Crippen molar-refractivity contribution in [2.24, 2.45) is 0 Å². The first kappa shape index (κ1) is 29.8. The standard InChI is InChI=1S/2C5HF6O2.Mn/c2*6-4(7,8)2(12)1-3(13)5(9,10)11;/h2*1H;/q2*-1;+2. The van der Waals surface area contributed by atoms with E-state index in [0.717, 1.165) is 0 Å². The number of alkyl halides is 12. The van der Waals surface area contributed by atoms with Crippen LogP contribution in [0, 0.1) is 12.8 Å². The first-order valence-corrected chi connectivity index (χ1v) is 5.24. The van der Waals surface area contributed by atoms with Crippen LogP contribution >= 0.6 is 0 Å². The van der Waals surface area contributed by atoms with Gasteiger partial charge in [0.2, 0.25) is 0 Å². The average molecular weight is 469 g/mol. The number of carbonyl (C=O) groups is 4. The maximum atomic E-state index is 11.3. The Morgan fingerprint density at radius 2 is 0.519 bits per heavy atom. The molecule has 0 saturated carbocycles. The molecule has 0 heterocycles. The van der Waals surface area contributed by atoms with Crippen molar-refractivity contribution >= 4 is 23.1 Å². The van der Waals surface area contributed by atoms with Gasteiger partial charge in [-0.2, -0.15) is 52.7 Å². The van der Waals surface area contributed by atoms with E-state index in [0.29, 0.717) is 0 Å². The minimum atomic E-state index is -5.46. The molecule has 4 nitrogen and oxygen atoms in total. The van der Waals surface area contributed by atoms with Gasteiger partial charge in [0.1, 0.15) is 23.1 Å². The number of ketones is 4. The monoisotopic (exact) mass is 469 g/mol. The summed E-state index contributed by atoms with van der Waals surface area (Å²) in [6, 6.07) is 0. The van der Waals surface area contributed by atoms with Crippen LogP contribution in [0.3, 0.4) is 0 Å². The summed E-state index contributed by atoms with van der Waals surface area (Å²) in [6.45, 7) is 0. The van der Waals surface area contributed by atoms with Crippen LogP contribution in [-0.4, -0.2) is 47.8 Å². The summed E-state index contributed by atoms with van der Waals surface area (Å²) in [5.74, 6) is -11.3. The van der Waals surface area contributed by atoms with Crippen LogP contribution in [0.4, 0.5) is 52.7 Å². The van der Waals surface area contributed by atoms with Crippen LogP contribution in [-0.2, 0) is 36.2 Å². The van der Waals surface area contributed by atoms with Crippen LogP contribution in [0.2, 0.25) is 0 Å². The molecule has 0 aliphatic rings. The molecule has 17 heteroatoms. The van der Waals surface area contributed by atoms with Gasteiger partial charge in [-0.15, -0.1) is 0 Å². The van der Waals surface area contributed by atoms with E-state index >= 15 is 0 Å². The predicted octanol–water partition coefficient (Wildman–Crippen LogP) is 2.90. The van der Waals surface area contributed by atoms with Crippen molar-refractivity contribution in [3.05, 3.63) is 12.8 Å². The number of rotatable bonds is 4. The smallest absolute Gasteiger partial charge is 0.324 e. The minimum Gasteiger partial charge on any atom is -0.324 e. The molecular formula is C10H2F12MnO4. The molecule has 0 amide bonds. The van der Waals surface area contributed by atoms with Crippen molar-refractivity contribution < 1.29 is 88.9 Å². The molecule has 0 aromatic rings. The Balaban J connectivity index is -0.000000411. The minimum absolute atomic E-state index is 0. The van der Waals surface area contributed by atoms with Crippen LogP contribution in [0.5, 0.6) is 0 Å². The number of hydrogen-bond donors (Lipinski definition) is 0. The Kier molecular flexibility index (Phi) is 10.9. The van der Waals surface area contributed by atoms with Gasteiger partial charge in [0.15, 0.2) is 0 Å². The molecule has 0 aromatic heterocycles. The summed E-state index contributed by atoms with van der Waals surface area (Å²) in [6.07, 6.45) is -23.9. The second kappa shape index (κ2) is 9.87. The molecule has 0 saturated heterocycles. The second-order valence-electron chi connectivity index (χ2n) is 3.74. The third kappa shape index (κ3) is 13.0. The summed E-state index contributed by atoms with van der Waals surface area (Å²) >= 11 is 0. The largest absolute Gasteiger partial charge is 2.00 e. The third-order valence-electron chi connectivity index (χ3n) is 1.64. The molecule has 1 radical (unpaired) electrons. The van der Waals surface area contributed by atoms with Crippen LogP contribution in [0.1, 0.15) is 0 Å². The average Bonchev–Trinajstić information content (AvgIpc) is 2.34. The fraction of sp³-hybridized carbons (Fsp3) is 0.400. The van der Waals surface area contributed by atoms with Gasteiger partial charge in [-0.1, -0.05) is 0 Å². The van der Waals surface area contributed by atoms with E-state index < -0.39 is 60.7 Å². The summed E-state index contributed by atoms with van der Waals surface area (Å²) < 4.78 is 136. The number of halogens is 12. The molecule has 157 valence electrons. The van der Waals surface area contributed by atoms with E-state index in [1.54, 1.807) is 0 Å². The molecule has 0 N–H and O–H groups in total. The van der Waals surface area contributed by atoms with E-state index in [4.69, 9.17) is 0 Å². The van der Waals surface area contributed by atoms with Crippen LogP contribution < -0.4 is 0 Å². The fourth-order valence-electron chi connectivity index (χ4n) is 0.565. The zero-order valence-corrected chi connectivity index (χ0v) is 12.9. The van der Waals surface area contributed by atoms with E-state index in [9.17, 15) is 71.9 Å². The van der Waals surface area contributed by atoms with Gasteiger partial charge in [-0.25, -0.2) is 12.8 Å². The van der Waals surface area contributed by atoms with Gasteiger partial charge < -0.3 is 19.2 Å². The van der Waals surface area contributed by atoms with Crippen molar-refractivity contribution in [1.82, 2.24) is 0 Å². The Morgan fingerprint density at radius 3 is 0.593 bits per heavy atom. The van der Waals surface area contributed by atoms with E-state index in [1.807, 2.05) is 0 Å². The van der Waals surface area contributed by atoms with Gasteiger partial charge in [0.05, 0.1) is 0 Å². The zero-order valence-electron chi connectivity index (χ0n) is 11.7. The molecule has 0 aliphatic heterocycles. The maximum absolute atomic E-state index is 11.3. The van der Waals surface area contributed by atoms with Crippen molar-refractivity contribution in [3.63, 3.8) is 0 Å². The predicted molar refractivity (Wildman–Crippen MR) is 52.8 cm³/mol. The second-order valence-corrected chi connectivity index (χ2v) is 3.74. The molecule has 0 aromatic carbocycles. The number of Topliss-reactive ketones (excluding diaryl/α,β-unsaturated/α-hetero) is 4. The summed E-state index contributed by atoms with van der Waals surface area (Å²) in [5.41, 5.74) is 0. The fourth-order valence-corrected chi connectivity index (χ4v) is 0.565. The Bertz CT molecular complexity index is 456. The number of carbonyl (C=O) groups excluding carboxylic acids is 4. The first-order valence-electron chi connectivity index (χ1n) is 5.24. The van der Waals surface area contributed by atoms with Gasteiger partial charge in [-0.3, -0.25) is 0 Å². The molecule has 0 rings (SSSR count). The number of hydrogen-bond acceptors (Lipinski definition) is 4. The molecule has 0 spiro atoms. The summed E-state index contributed by atoms with van der Waals surface area (Å²) in [4.78, 5) is 39.3. The van der Waals surface area contributed by atoms with Crippen LogP contribution in [0.25, 0.3) is 0 Å². The molecular weight excluding hydrogens is 467 g/mol. The topological polar surface area (TPSA) is 68.3 Å². The SMILES string of the molecule is O=C([CH-]C(=O)C(F)(F)F)C(F)(F)F.O=C([CH-]C(=O)C(F)(F)F)C(F)(F)F.[Mn+2]. The van der Waals surface area contributed by atoms with Gasteiger partial charge in [0.25, 0.3) is 0 Å². The van der Waals surface area contributed by atoms with Gasteiger partial charge >= 0.3 is 41.8 Å². The molecule has 0 bridgehead atoms. The quantitative estimate of drug-likeness (QED) is 0.275. The third-order valence-corrected chi connectivity index (χ3v) is 1.64. The zero-order chi connectivity index (χ0) is 21.7. The van der Waals surface area contributed by atoms with E-state index in [-0.39, 0.29) is 17.1 Å². The van der Waals surface area contributed by atoms with E-state index in [2.05, 4.69) is 0 Å². The van der Waals surface area contributed by atoms with Gasteiger partial charge in [-0.05, 0) is 0 Å². The molecule has 0 unspecified atom stereocenters. The molecule has 0 aliphatic carbocycles. The summed E-state index contributed by atoms with van der Waals surface area (Å²) in [5, 5.41) is 0. The Hall–Kier alpha value is -1.90. The normalized spacial score (nSPS) is 12.0. The Labute approximate surface area is 150 Å². The van der Waals surface area contributed by atoms with Gasteiger partial charge in [0, 0.05) is 0 Å². The molecule has 0 fully saturated rings. The summed E-state index contributed by atoms with van der Waals surface area (Å²) in [7, 11) is 0. The molecule has 0 atom stereocenters. The first-order chi connectivity index (χ1) is 11.1. The van der Waals surface area contributed by atoms with Crippen molar-refractivity contribution in [2.45, 2.75) is 24.7 Å². The van der Waals surface area contributed by atoms with Crippen molar-refractivity contribution in [1.29, 1.82) is 0 Å².